The first-order chi connectivity index (χ1) is 9.01. The van der Waals surface area contributed by atoms with Gasteiger partial charge in [0.05, 0.1) is 12.8 Å². The number of carbonyl (C=O) groups is 1. The first kappa shape index (κ1) is 14.9. The number of pyridine rings is 1. The Kier molecular flexibility index (Phi) is 5.23. The Bertz CT molecular complexity index is 521. The molecule has 0 fully saturated rings. The van der Waals surface area contributed by atoms with Crippen molar-refractivity contribution in [3.63, 3.8) is 0 Å². The monoisotopic (exact) mass is 261 g/mol. The van der Waals surface area contributed by atoms with Gasteiger partial charge in [0.15, 0.2) is 5.78 Å². The summed E-state index contributed by atoms with van der Waals surface area (Å²) >= 11 is 0. The summed E-state index contributed by atoms with van der Waals surface area (Å²) in [6, 6.07) is 3.53. The van der Waals surface area contributed by atoms with E-state index in [0.717, 1.165) is 0 Å². The van der Waals surface area contributed by atoms with Crippen molar-refractivity contribution in [1.82, 2.24) is 4.98 Å². The number of methoxy groups -OCH3 is 1. The minimum Gasteiger partial charge on any atom is -0.480 e. The van der Waals surface area contributed by atoms with Gasteiger partial charge in [-0.1, -0.05) is 6.92 Å². The molecule has 0 saturated carbocycles. The molecule has 0 amide bonds. The number of ketones is 1. The van der Waals surface area contributed by atoms with Crippen LogP contribution in [-0.4, -0.2) is 23.6 Å². The second-order valence-corrected chi connectivity index (χ2v) is 4.07. The van der Waals surface area contributed by atoms with Gasteiger partial charge < -0.3 is 15.5 Å². The lowest BCUT2D eigenvalue weighted by atomic mass is 10.0. The van der Waals surface area contributed by atoms with Gasteiger partial charge in [-0.05, 0) is 31.1 Å². The molecule has 0 aliphatic rings. The van der Waals surface area contributed by atoms with Gasteiger partial charge in [0, 0.05) is 18.8 Å². The van der Waals surface area contributed by atoms with Crippen LogP contribution in [0, 0.1) is 5.41 Å². The van der Waals surface area contributed by atoms with Crippen LogP contribution >= 0.6 is 0 Å². The van der Waals surface area contributed by atoms with E-state index in [1.54, 1.807) is 25.3 Å². The van der Waals surface area contributed by atoms with Crippen LogP contribution < -0.4 is 10.1 Å². The lowest BCUT2D eigenvalue weighted by Gasteiger charge is -2.15. The molecule has 0 saturated heterocycles. The molecule has 0 bridgehead atoms. The molecule has 0 aromatic carbocycles. The van der Waals surface area contributed by atoms with E-state index in [9.17, 15) is 4.79 Å². The Morgan fingerprint density at radius 2 is 2.16 bits per heavy atom. The summed E-state index contributed by atoms with van der Waals surface area (Å²) in [5, 5.41) is 10.8. The molecule has 0 unspecified atom stereocenters. The van der Waals surface area contributed by atoms with Gasteiger partial charge in [-0.3, -0.25) is 4.79 Å². The molecule has 1 rings (SSSR count). The van der Waals surface area contributed by atoms with E-state index in [4.69, 9.17) is 10.1 Å². The molecule has 1 aromatic rings. The average molecular weight is 261 g/mol. The summed E-state index contributed by atoms with van der Waals surface area (Å²) in [5.74, 6) is 0.300. The second kappa shape index (κ2) is 6.68. The van der Waals surface area contributed by atoms with Crippen LogP contribution in [0.3, 0.4) is 0 Å². The maximum absolute atomic E-state index is 11.8. The van der Waals surface area contributed by atoms with Crippen molar-refractivity contribution in [2.45, 2.75) is 27.2 Å². The maximum Gasteiger partial charge on any atom is 0.237 e. The normalized spacial score (nSPS) is 11.6. The highest BCUT2D eigenvalue weighted by atomic mass is 16.5. The van der Waals surface area contributed by atoms with Crippen molar-refractivity contribution < 1.29 is 9.53 Å². The zero-order valence-electron chi connectivity index (χ0n) is 11.7. The summed E-state index contributed by atoms with van der Waals surface area (Å²) in [6.45, 7) is 5.06. The summed E-state index contributed by atoms with van der Waals surface area (Å²) in [4.78, 5) is 15.8. The lowest BCUT2D eigenvalue weighted by molar-refractivity contribution is -0.113. The Morgan fingerprint density at radius 3 is 2.63 bits per heavy atom. The SMILES string of the molecule is CC/C(C(C)=N)=C(/Nc1cccnc1OC)C(C)=O. The highest BCUT2D eigenvalue weighted by molar-refractivity contribution is 6.07. The van der Waals surface area contributed by atoms with E-state index in [0.29, 0.717) is 35.0 Å². The third kappa shape index (κ3) is 3.64. The van der Waals surface area contributed by atoms with E-state index >= 15 is 0 Å². The molecule has 2 N–H and O–H groups in total. The first-order valence-electron chi connectivity index (χ1n) is 6.06. The molecule has 1 heterocycles. The van der Waals surface area contributed by atoms with E-state index in [-0.39, 0.29) is 5.78 Å². The number of rotatable bonds is 6. The third-order valence-electron chi connectivity index (χ3n) is 2.68. The smallest absolute Gasteiger partial charge is 0.237 e. The number of Topliss-reactive ketones (excluding diaryl/α,β-unsaturated/α-hetero) is 1. The van der Waals surface area contributed by atoms with E-state index in [1.165, 1.54) is 14.0 Å². The lowest BCUT2D eigenvalue weighted by Crippen LogP contribution is -2.15. The number of ether oxygens (including phenoxy) is 1. The van der Waals surface area contributed by atoms with Gasteiger partial charge in [0.25, 0.3) is 0 Å². The van der Waals surface area contributed by atoms with Gasteiger partial charge in [0.1, 0.15) is 5.69 Å². The van der Waals surface area contributed by atoms with Crippen LogP contribution in [0.4, 0.5) is 5.69 Å². The molecule has 0 aliphatic heterocycles. The van der Waals surface area contributed by atoms with Gasteiger partial charge in [-0.25, -0.2) is 4.98 Å². The number of hydrogen-bond donors (Lipinski definition) is 2. The molecule has 5 heteroatoms. The molecule has 0 aliphatic carbocycles. The fraction of sp³-hybridized carbons (Fsp3) is 0.357. The summed E-state index contributed by atoms with van der Waals surface area (Å²) in [6.07, 6.45) is 2.23. The van der Waals surface area contributed by atoms with Crippen molar-refractivity contribution in [3.05, 3.63) is 29.6 Å². The minimum absolute atomic E-state index is 0.116. The minimum atomic E-state index is -0.116. The van der Waals surface area contributed by atoms with Crippen LogP contribution in [0.15, 0.2) is 29.6 Å². The van der Waals surface area contributed by atoms with Gasteiger partial charge in [-0.2, -0.15) is 0 Å². The first-order valence-corrected chi connectivity index (χ1v) is 6.06. The van der Waals surface area contributed by atoms with Crippen LogP contribution in [0.25, 0.3) is 0 Å². The summed E-state index contributed by atoms with van der Waals surface area (Å²) < 4.78 is 5.14. The molecule has 1 aromatic heterocycles. The zero-order chi connectivity index (χ0) is 14.4. The predicted molar refractivity (Wildman–Crippen MR) is 75.8 cm³/mol. The fourth-order valence-electron chi connectivity index (χ4n) is 1.79. The predicted octanol–water partition coefficient (Wildman–Crippen LogP) is 2.79. The number of allylic oxidation sites excluding steroid dienone is 2. The highest BCUT2D eigenvalue weighted by Gasteiger charge is 2.14. The number of carbonyl (C=O) groups excluding carboxylic acids is 1. The Labute approximate surface area is 113 Å². The number of aromatic nitrogens is 1. The number of nitrogens with zero attached hydrogens (tertiary/aromatic N) is 1. The molecular formula is C14H19N3O2. The largest absolute Gasteiger partial charge is 0.480 e. The molecule has 0 radical (unpaired) electrons. The van der Waals surface area contributed by atoms with E-state index < -0.39 is 0 Å². The van der Waals surface area contributed by atoms with Crippen molar-refractivity contribution in [2.75, 3.05) is 12.4 Å². The van der Waals surface area contributed by atoms with Gasteiger partial charge >= 0.3 is 0 Å². The van der Waals surface area contributed by atoms with Crippen LogP contribution in [0.2, 0.25) is 0 Å². The van der Waals surface area contributed by atoms with Gasteiger partial charge in [-0.15, -0.1) is 0 Å². The van der Waals surface area contributed by atoms with E-state index in [1.807, 2.05) is 6.92 Å². The van der Waals surface area contributed by atoms with Gasteiger partial charge in [0.2, 0.25) is 5.88 Å². The molecule has 19 heavy (non-hydrogen) atoms. The van der Waals surface area contributed by atoms with Crippen molar-refractivity contribution in [2.24, 2.45) is 0 Å². The van der Waals surface area contributed by atoms with Crippen molar-refractivity contribution >= 4 is 17.2 Å². The quantitative estimate of drug-likeness (QED) is 0.610. The topological polar surface area (TPSA) is 75.1 Å². The molecule has 102 valence electrons. The average Bonchev–Trinajstić information content (AvgIpc) is 2.38. The molecule has 5 nitrogen and oxygen atoms in total. The molecule has 0 atom stereocenters. The van der Waals surface area contributed by atoms with Crippen LogP contribution in [-0.2, 0) is 4.79 Å². The summed E-state index contributed by atoms with van der Waals surface area (Å²) in [5.41, 5.74) is 2.10. The van der Waals surface area contributed by atoms with Crippen molar-refractivity contribution in [3.8, 4) is 5.88 Å². The molecule has 0 spiro atoms. The zero-order valence-corrected chi connectivity index (χ0v) is 11.7. The second-order valence-electron chi connectivity index (χ2n) is 4.07. The van der Waals surface area contributed by atoms with Crippen LogP contribution in [0.5, 0.6) is 5.88 Å². The Balaban J connectivity index is 3.23. The van der Waals surface area contributed by atoms with E-state index in [2.05, 4.69) is 10.3 Å². The standard InChI is InChI=1S/C14H19N3O2/c1-5-11(9(2)15)13(10(3)18)17-12-7-6-8-16-14(12)19-4/h6-8,15,17H,5H2,1-4H3/b13-11-,15-9?. The van der Waals surface area contributed by atoms with Crippen molar-refractivity contribution in [1.29, 1.82) is 5.41 Å². The number of anilines is 1. The Morgan fingerprint density at radius 1 is 1.47 bits per heavy atom. The van der Waals surface area contributed by atoms with Crippen LogP contribution in [0.1, 0.15) is 27.2 Å². The number of nitrogens with one attached hydrogen (secondary N) is 2. The third-order valence-corrected chi connectivity index (χ3v) is 2.68. The highest BCUT2D eigenvalue weighted by Crippen LogP contribution is 2.23. The summed E-state index contributed by atoms with van der Waals surface area (Å²) in [7, 11) is 1.52. The molecular weight excluding hydrogens is 242 g/mol. The maximum atomic E-state index is 11.8. The number of hydrogen-bond acceptors (Lipinski definition) is 5. The fourth-order valence-corrected chi connectivity index (χ4v) is 1.79. The Hall–Kier alpha value is -2.17.